The Bertz CT molecular complexity index is 1160. The first-order valence-corrected chi connectivity index (χ1v) is 11.7. The molecule has 156 valence electrons. The third kappa shape index (κ3) is 4.20. The Hall–Kier alpha value is -2.84. The molecule has 0 saturated carbocycles. The van der Waals surface area contributed by atoms with Gasteiger partial charge in [0.2, 0.25) is 10.0 Å². The van der Waals surface area contributed by atoms with Gasteiger partial charge in [0, 0.05) is 30.7 Å². The zero-order valence-corrected chi connectivity index (χ0v) is 17.6. The highest BCUT2D eigenvalue weighted by Crippen LogP contribution is 2.24. The molecule has 0 radical (unpaired) electrons. The summed E-state index contributed by atoms with van der Waals surface area (Å²) in [5.74, 6) is -0.0776. The van der Waals surface area contributed by atoms with Crippen molar-refractivity contribution in [3.8, 4) is 11.4 Å². The minimum atomic E-state index is -3.18. The number of nitrogens with zero attached hydrogens (tertiary/aromatic N) is 3. The molecule has 1 aromatic carbocycles. The van der Waals surface area contributed by atoms with E-state index in [0.29, 0.717) is 42.9 Å². The zero-order chi connectivity index (χ0) is 21.1. The van der Waals surface area contributed by atoms with Crippen LogP contribution in [0.1, 0.15) is 30.1 Å². The van der Waals surface area contributed by atoms with Gasteiger partial charge in [0.15, 0.2) is 0 Å². The lowest BCUT2D eigenvalue weighted by Gasteiger charge is -2.31. The molecule has 1 fully saturated rings. The molecule has 3 aromatic rings. The van der Waals surface area contributed by atoms with Crippen LogP contribution in [-0.2, 0) is 10.0 Å². The summed E-state index contributed by atoms with van der Waals surface area (Å²) in [5.41, 5.74) is 2.62. The van der Waals surface area contributed by atoms with Crippen LogP contribution in [0.5, 0.6) is 0 Å². The lowest BCUT2D eigenvalue weighted by atomic mass is 10.0. The van der Waals surface area contributed by atoms with E-state index >= 15 is 0 Å². The van der Waals surface area contributed by atoms with Gasteiger partial charge in [-0.05, 0) is 44.0 Å². The van der Waals surface area contributed by atoms with Crippen molar-refractivity contribution in [3.63, 3.8) is 0 Å². The van der Waals surface area contributed by atoms with Crippen molar-refractivity contribution in [1.29, 1.82) is 0 Å². The summed E-state index contributed by atoms with van der Waals surface area (Å²) in [7, 11) is -3.18. The Morgan fingerprint density at radius 1 is 1.10 bits per heavy atom. The van der Waals surface area contributed by atoms with Crippen molar-refractivity contribution < 1.29 is 13.2 Å². The van der Waals surface area contributed by atoms with E-state index in [0.717, 1.165) is 10.9 Å². The van der Waals surface area contributed by atoms with E-state index in [9.17, 15) is 13.2 Å². The number of hydrogen-bond donors (Lipinski definition) is 1. The van der Waals surface area contributed by atoms with Crippen LogP contribution in [0.4, 0.5) is 0 Å². The molecule has 0 spiro atoms. The molecular formula is C22H24N4O3S. The van der Waals surface area contributed by atoms with E-state index < -0.39 is 10.0 Å². The van der Waals surface area contributed by atoms with Gasteiger partial charge < -0.3 is 5.32 Å². The van der Waals surface area contributed by atoms with Crippen LogP contribution in [0.25, 0.3) is 22.3 Å². The van der Waals surface area contributed by atoms with Crippen LogP contribution in [0.15, 0.2) is 54.7 Å². The van der Waals surface area contributed by atoms with E-state index in [2.05, 4.69) is 15.3 Å². The van der Waals surface area contributed by atoms with Crippen molar-refractivity contribution in [2.24, 2.45) is 0 Å². The average molecular weight is 425 g/mol. The maximum absolute atomic E-state index is 13.2. The lowest BCUT2D eigenvalue weighted by Crippen LogP contribution is -2.46. The molecule has 0 atom stereocenters. The SMILES string of the molecule is CCS(=O)(=O)N1CCC(NC(=O)c2cc(-c3ccccn3)nc3ccccc23)CC1. The number of nitrogens with one attached hydrogen (secondary N) is 1. The summed E-state index contributed by atoms with van der Waals surface area (Å²) in [6, 6.07) is 14.8. The Balaban J connectivity index is 1.58. The maximum Gasteiger partial charge on any atom is 0.252 e. The number of piperidine rings is 1. The van der Waals surface area contributed by atoms with Crippen LogP contribution in [0.2, 0.25) is 0 Å². The summed E-state index contributed by atoms with van der Waals surface area (Å²) in [4.78, 5) is 22.2. The van der Waals surface area contributed by atoms with Gasteiger partial charge in [0.1, 0.15) is 0 Å². The minimum Gasteiger partial charge on any atom is -0.349 e. The predicted octanol–water partition coefficient (Wildman–Crippen LogP) is 2.84. The number of aromatic nitrogens is 2. The molecule has 8 heteroatoms. The fourth-order valence-corrected chi connectivity index (χ4v) is 4.87. The highest BCUT2D eigenvalue weighted by atomic mass is 32.2. The van der Waals surface area contributed by atoms with Crippen LogP contribution in [0, 0.1) is 0 Å². The fraction of sp³-hybridized carbons (Fsp3) is 0.318. The number of carbonyl (C=O) groups excluding carboxylic acids is 1. The van der Waals surface area contributed by atoms with E-state index in [1.54, 1.807) is 19.2 Å². The number of amides is 1. The van der Waals surface area contributed by atoms with Gasteiger partial charge in [0.25, 0.3) is 5.91 Å². The van der Waals surface area contributed by atoms with E-state index in [-0.39, 0.29) is 17.7 Å². The predicted molar refractivity (Wildman–Crippen MR) is 116 cm³/mol. The molecule has 1 N–H and O–H groups in total. The highest BCUT2D eigenvalue weighted by Gasteiger charge is 2.28. The van der Waals surface area contributed by atoms with Crippen LogP contribution < -0.4 is 5.32 Å². The van der Waals surface area contributed by atoms with Crippen molar-refractivity contribution in [2.45, 2.75) is 25.8 Å². The summed E-state index contributed by atoms with van der Waals surface area (Å²) >= 11 is 0. The molecule has 2 aromatic heterocycles. The molecule has 0 aliphatic carbocycles. The molecule has 0 bridgehead atoms. The minimum absolute atomic E-state index is 0.0639. The summed E-state index contributed by atoms with van der Waals surface area (Å²) in [6.45, 7) is 2.51. The Morgan fingerprint density at radius 2 is 1.83 bits per heavy atom. The van der Waals surface area contributed by atoms with Crippen molar-refractivity contribution >= 4 is 26.8 Å². The smallest absolute Gasteiger partial charge is 0.252 e. The van der Waals surface area contributed by atoms with Gasteiger partial charge >= 0.3 is 0 Å². The number of para-hydroxylation sites is 1. The maximum atomic E-state index is 13.2. The van der Waals surface area contributed by atoms with Gasteiger partial charge in [-0.25, -0.2) is 17.7 Å². The molecule has 1 aliphatic rings. The first-order chi connectivity index (χ1) is 14.5. The Kier molecular flexibility index (Phi) is 5.78. The number of sulfonamides is 1. The largest absolute Gasteiger partial charge is 0.349 e. The topological polar surface area (TPSA) is 92.3 Å². The molecule has 1 amide bonds. The fourth-order valence-electron chi connectivity index (χ4n) is 3.73. The zero-order valence-electron chi connectivity index (χ0n) is 16.8. The second-order valence-electron chi connectivity index (χ2n) is 7.33. The number of rotatable bonds is 5. The van der Waals surface area contributed by atoms with Crippen molar-refractivity contribution in [1.82, 2.24) is 19.6 Å². The normalized spacial score (nSPS) is 15.9. The van der Waals surface area contributed by atoms with Crippen LogP contribution in [-0.4, -0.2) is 53.5 Å². The summed E-state index contributed by atoms with van der Waals surface area (Å²) in [5, 5.41) is 3.87. The third-order valence-electron chi connectivity index (χ3n) is 5.44. The number of carbonyl (C=O) groups is 1. The van der Waals surface area contributed by atoms with Crippen LogP contribution in [0.3, 0.4) is 0 Å². The Labute approximate surface area is 176 Å². The first-order valence-electron chi connectivity index (χ1n) is 10.1. The van der Waals surface area contributed by atoms with E-state index in [1.807, 2.05) is 42.5 Å². The molecule has 30 heavy (non-hydrogen) atoms. The quantitative estimate of drug-likeness (QED) is 0.680. The lowest BCUT2D eigenvalue weighted by molar-refractivity contribution is 0.0925. The number of benzene rings is 1. The molecule has 1 saturated heterocycles. The second kappa shape index (κ2) is 8.49. The summed E-state index contributed by atoms with van der Waals surface area (Å²) < 4.78 is 25.6. The van der Waals surface area contributed by atoms with Gasteiger partial charge in [-0.15, -0.1) is 0 Å². The number of pyridine rings is 2. The van der Waals surface area contributed by atoms with E-state index in [4.69, 9.17) is 0 Å². The summed E-state index contributed by atoms with van der Waals surface area (Å²) in [6.07, 6.45) is 2.90. The number of hydrogen-bond acceptors (Lipinski definition) is 5. The monoisotopic (exact) mass is 424 g/mol. The first kappa shape index (κ1) is 20.4. The Morgan fingerprint density at radius 3 is 2.53 bits per heavy atom. The average Bonchev–Trinajstić information content (AvgIpc) is 2.79. The van der Waals surface area contributed by atoms with Crippen LogP contribution >= 0.6 is 0 Å². The third-order valence-corrected chi connectivity index (χ3v) is 7.32. The van der Waals surface area contributed by atoms with Gasteiger partial charge in [-0.3, -0.25) is 9.78 Å². The highest BCUT2D eigenvalue weighted by molar-refractivity contribution is 7.89. The van der Waals surface area contributed by atoms with Gasteiger partial charge in [-0.2, -0.15) is 0 Å². The molecule has 3 heterocycles. The van der Waals surface area contributed by atoms with E-state index in [1.165, 1.54) is 4.31 Å². The van der Waals surface area contributed by atoms with Gasteiger partial charge in [-0.1, -0.05) is 24.3 Å². The molecule has 1 aliphatic heterocycles. The second-order valence-corrected chi connectivity index (χ2v) is 9.59. The van der Waals surface area contributed by atoms with Gasteiger partial charge in [0.05, 0.1) is 28.2 Å². The molecule has 0 unspecified atom stereocenters. The molecule has 7 nitrogen and oxygen atoms in total. The molecular weight excluding hydrogens is 400 g/mol. The molecule has 4 rings (SSSR count). The standard InChI is InChI=1S/C22H24N4O3S/c1-2-30(28,29)26-13-10-16(11-14-26)24-22(27)18-15-21(20-9-5-6-12-23-20)25-19-8-4-3-7-17(18)19/h3-9,12,15-16H,2,10-11,13-14H2,1H3,(H,24,27). The number of fused-ring (bicyclic) bond motifs is 1. The van der Waals surface area contributed by atoms with Crippen molar-refractivity contribution in [3.05, 3.63) is 60.3 Å². The van der Waals surface area contributed by atoms with Crippen molar-refractivity contribution in [2.75, 3.05) is 18.8 Å².